The zero-order valence-corrected chi connectivity index (χ0v) is 10.1. The Morgan fingerprint density at radius 1 is 1.35 bits per heavy atom. The fraction of sp³-hybridized carbons (Fsp3) is 0.571. The number of piperidine rings is 1. The van der Waals surface area contributed by atoms with Crippen LogP contribution in [0.5, 0.6) is 0 Å². The summed E-state index contributed by atoms with van der Waals surface area (Å²) in [6, 6.07) is 7.20. The zero-order valence-electron chi connectivity index (χ0n) is 10.1. The molecular weight excluding hydrogens is 217 g/mol. The Morgan fingerprint density at radius 2 is 2.29 bits per heavy atom. The first-order valence-corrected chi connectivity index (χ1v) is 6.40. The second-order valence-corrected chi connectivity index (χ2v) is 4.62. The second-order valence-electron chi connectivity index (χ2n) is 4.62. The highest BCUT2D eigenvalue weighted by atomic mass is 19.1. The molecule has 0 bridgehead atoms. The van der Waals surface area contributed by atoms with E-state index in [-0.39, 0.29) is 5.82 Å². The van der Waals surface area contributed by atoms with Gasteiger partial charge in [0.2, 0.25) is 0 Å². The molecule has 0 unspecified atom stereocenters. The third-order valence-electron chi connectivity index (χ3n) is 3.18. The van der Waals surface area contributed by atoms with E-state index in [0.29, 0.717) is 12.6 Å². The fourth-order valence-corrected chi connectivity index (χ4v) is 2.21. The maximum Gasteiger partial charge on any atom is 0.123 e. The quantitative estimate of drug-likeness (QED) is 0.795. The summed E-state index contributed by atoms with van der Waals surface area (Å²) in [6.45, 7) is 2.38. The minimum Gasteiger partial charge on any atom is -0.377 e. The van der Waals surface area contributed by atoms with E-state index in [1.54, 1.807) is 6.07 Å². The number of rotatable bonds is 5. The zero-order chi connectivity index (χ0) is 11.9. The van der Waals surface area contributed by atoms with Crippen LogP contribution in [0.4, 0.5) is 4.39 Å². The van der Waals surface area contributed by atoms with Gasteiger partial charge in [0.05, 0.1) is 6.61 Å². The van der Waals surface area contributed by atoms with Crippen molar-refractivity contribution in [3.8, 4) is 0 Å². The molecule has 1 N–H and O–H groups in total. The minimum atomic E-state index is -0.194. The number of hydrogen-bond acceptors (Lipinski definition) is 2. The maximum atomic E-state index is 12.9. The number of ether oxygens (including phenoxy) is 1. The van der Waals surface area contributed by atoms with Crippen LogP contribution in [-0.2, 0) is 11.3 Å². The largest absolute Gasteiger partial charge is 0.377 e. The van der Waals surface area contributed by atoms with E-state index in [1.807, 2.05) is 6.07 Å². The third-order valence-corrected chi connectivity index (χ3v) is 3.18. The molecule has 1 fully saturated rings. The topological polar surface area (TPSA) is 21.3 Å². The normalized spacial score (nSPS) is 20.4. The molecule has 1 saturated heterocycles. The number of halogens is 1. The number of nitrogens with one attached hydrogen (secondary N) is 1. The first kappa shape index (κ1) is 12.5. The molecule has 0 saturated carbocycles. The van der Waals surface area contributed by atoms with Gasteiger partial charge in [-0.1, -0.05) is 18.6 Å². The Kier molecular flexibility index (Phi) is 4.95. The molecule has 17 heavy (non-hydrogen) atoms. The predicted octanol–water partition coefficient (Wildman–Crippen LogP) is 2.87. The van der Waals surface area contributed by atoms with E-state index in [4.69, 9.17) is 4.74 Å². The summed E-state index contributed by atoms with van der Waals surface area (Å²) in [5.41, 5.74) is 0.904. The first-order valence-electron chi connectivity index (χ1n) is 6.40. The lowest BCUT2D eigenvalue weighted by Gasteiger charge is -2.23. The standard InChI is InChI=1S/C14H20FNO/c15-13-5-3-4-12(10-13)11-17-9-7-14-6-1-2-8-16-14/h3-5,10,14,16H,1-2,6-9,11H2/t14-/m1/s1. The Morgan fingerprint density at radius 3 is 3.06 bits per heavy atom. The fourth-order valence-electron chi connectivity index (χ4n) is 2.21. The summed E-state index contributed by atoms with van der Waals surface area (Å²) in [5, 5.41) is 3.49. The lowest BCUT2D eigenvalue weighted by molar-refractivity contribution is 0.108. The van der Waals surface area contributed by atoms with Crippen LogP contribution in [0.25, 0.3) is 0 Å². The molecule has 0 spiro atoms. The minimum absolute atomic E-state index is 0.194. The van der Waals surface area contributed by atoms with Crippen LogP contribution in [0.3, 0.4) is 0 Å². The Labute approximate surface area is 102 Å². The molecule has 1 aliphatic heterocycles. The molecule has 1 aromatic carbocycles. The highest BCUT2D eigenvalue weighted by Gasteiger charge is 2.11. The average Bonchev–Trinajstić information content (AvgIpc) is 2.36. The van der Waals surface area contributed by atoms with Gasteiger partial charge in [0.25, 0.3) is 0 Å². The van der Waals surface area contributed by atoms with Crippen LogP contribution in [0.2, 0.25) is 0 Å². The van der Waals surface area contributed by atoms with E-state index in [2.05, 4.69) is 5.32 Å². The SMILES string of the molecule is Fc1cccc(COCC[C@H]2CCCCN2)c1. The molecular formula is C14H20FNO. The van der Waals surface area contributed by atoms with Crippen molar-refractivity contribution < 1.29 is 9.13 Å². The van der Waals surface area contributed by atoms with Gasteiger partial charge in [0, 0.05) is 12.6 Å². The molecule has 0 radical (unpaired) electrons. The molecule has 2 rings (SSSR count). The van der Waals surface area contributed by atoms with Crippen LogP contribution in [-0.4, -0.2) is 19.2 Å². The lowest BCUT2D eigenvalue weighted by atomic mass is 10.0. The molecule has 0 aromatic heterocycles. The summed E-state index contributed by atoms with van der Waals surface area (Å²) < 4.78 is 18.5. The van der Waals surface area contributed by atoms with Gasteiger partial charge in [-0.3, -0.25) is 0 Å². The van der Waals surface area contributed by atoms with Crippen LogP contribution in [0.1, 0.15) is 31.2 Å². The van der Waals surface area contributed by atoms with Crippen LogP contribution >= 0.6 is 0 Å². The maximum absolute atomic E-state index is 12.9. The third kappa shape index (κ3) is 4.44. The molecule has 2 nitrogen and oxygen atoms in total. The molecule has 1 aliphatic rings. The van der Waals surface area contributed by atoms with Crippen molar-refractivity contribution in [1.82, 2.24) is 5.32 Å². The van der Waals surface area contributed by atoms with E-state index < -0.39 is 0 Å². The van der Waals surface area contributed by atoms with Crippen LogP contribution in [0.15, 0.2) is 24.3 Å². The summed E-state index contributed by atoms with van der Waals surface area (Å²) in [6.07, 6.45) is 4.92. The van der Waals surface area contributed by atoms with Crippen molar-refractivity contribution in [2.45, 2.75) is 38.3 Å². The highest BCUT2D eigenvalue weighted by molar-refractivity contribution is 5.15. The van der Waals surface area contributed by atoms with Crippen molar-refractivity contribution in [3.05, 3.63) is 35.6 Å². The van der Waals surface area contributed by atoms with Crippen molar-refractivity contribution >= 4 is 0 Å². The van der Waals surface area contributed by atoms with Gasteiger partial charge < -0.3 is 10.1 Å². The summed E-state index contributed by atoms with van der Waals surface area (Å²) in [7, 11) is 0. The summed E-state index contributed by atoms with van der Waals surface area (Å²) in [4.78, 5) is 0. The van der Waals surface area contributed by atoms with E-state index in [9.17, 15) is 4.39 Å². The van der Waals surface area contributed by atoms with Crippen LogP contribution < -0.4 is 5.32 Å². The Balaban J connectivity index is 1.62. The van der Waals surface area contributed by atoms with Gasteiger partial charge in [-0.15, -0.1) is 0 Å². The first-order chi connectivity index (χ1) is 8.34. The average molecular weight is 237 g/mol. The predicted molar refractivity (Wildman–Crippen MR) is 66.3 cm³/mol. The molecule has 1 atom stereocenters. The number of hydrogen-bond donors (Lipinski definition) is 1. The summed E-state index contributed by atoms with van der Waals surface area (Å²) in [5.74, 6) is -0.194. The monoisotopic (exact) mass is 237 g/mol. The van der Waals surface area contributed by atoms with Gasteiger partial charge in [-0.05, 0) is 43.5 Å². The summed E-state index contributed by atoms with van der Waals surface area (Å²) >= 11 is 0. The van der Waals surface area contributed by atoms with E-state index in [1.165, 1.54) is 31.4 Å². The van der Waals surface area contributed by atoms with Crippen molar-refractivity contribution in [1.29, 1.82) is 0 Å². The second kappa shape index (κ2) is 6.72. The van der Waals surface area contributed by atoms with E-state index in [0.717, 1.165) is 25.1 Å². The lowest BCUT2D eigenvalue weighted by Crippen LogP contribution is -2.34. The van der Waals surface area contributed by atoms with Crippen molar-refractivity contribution in [2.75, 3.05) is 13.2 Å². The molecule has 0 aliphatic carbocycles. The Hall–Kier alpha value is -0.930. The van der Waals surface area contributed by atoms with Crippen LogP contribution in [0, 0.1) is 5.82 Å². The van der Waals surface area contributed by atoms with Gasteiger partial charge in [0.15, 0.2) is 0 Å². The molecule has 1 aromatic rings. The Bertz CT molecular complexity index is 337. The van der Waals surface area contributed by atoms with E-state index >= 15 is 0 Å². The highest BCUT2D eigenvalue weighted by Crippen LogP contribution is 2.11. The van der Waals surface area contributed by atoms with Gasteiger partial charge in [-0.2, -0.15) is 0 Å². The molecule has 0 amide bonds. The molecule has 1 heterocycles. The van der Waals surface area contributed by atoms with Crippen molar-refractivity contribution in [3.63, 3.8) is 0 Å². The van der Waals surface area contributed by atoms with Crippen molar-refractivity contribution in [2.24, 2.45) is 0 Å². The smallest absolute Gasteiger partial charge is 0.123 e. The van der Waals surface area contributed by atoms with Gasteiger partial charge in [-0.25, -0.2) is 4.39 Å². The number of benzene rings is 1. The molecule has 94 valence electrons. The van der Waals surface area contributed by atoms with Gasteiger partial charge in [0.1, 0.15) is 5.82 Å². The van der Waals surface area contributed by atoms with Gasteiger partial charge >= 0.3 is 0 Å². The molecule has 3 heteroatoms.